The van der Waals surface area contributed by atoms with E-state index >= 15 is 0 Å². The Balaban J connectivity index is 1.27. The molecule has 136 valence electrons. The number of urea groups is 1. The zero-order chi connectivity index (χ0) is 18.0. The third-order valence-corrected chi connectivity index (χ3v) is 4.98. The lowest BCUT2D eigenvalue weighted by Gasteiger charge is -2.37. The van der Waals surface area contributed by atoms with Crippen LogP contribution < -0.4 is 10.6 Å². The number of aromatic nitrogens is 2. The molecule has 3 heterocycles. The van der Waals surface area contributed by atoms with Crippen molar-refractivity contribution in [2.24, 2.45) is 0 Å². The number of nitrogens with one attached hydrogen (secondary N) is 2. The molecule has 8 nitrogen and oxygen atoms in total. The summed E-state index contributed by atoms with van der Waals surface area (Å²) in [6.45, 7) is 2.17. The fourth-order valence-electron chi connectivity index (χ4n) is 3.38. The third-order valence-electron chi connectivity index (χ3n) is 4.98. The maximum absolute atomic E-state index is 12.4. The first-order valence-electron chi connectivity index (χ1n) is 8.72. The van der Waals surface area contributed by atoms with Gasteiger partial charge in [0, 0.05) is 44.9 Å². The summed E-state index contributed by atoms with van der Waals surface area (Å²) in [7, 11) is 0. The van der Waals surface area contributed by atoms with E-state index in [0.717, 1.165) is 11.3 Å². The molecule has 1 aromatic heterocycles. The van der Waals surface area contributed by atoms with E-state index in [0.29, 0.717) is 39.0 Å². The van der Waals surface area contributed by atoms with E-state index in [1.807, 2.05) is 36.5 Å². The molecule has 2 saturated heterocycles. The van der Waals surface area contributed by atoms with Crippen LogP contribution >= 0.6 is 0 Å². The number of hydrogen-bond donors (Lipinski definition) is 2. The largest absolute Gasteiger partial charge is 0.441 e. The molecule has 2 aliphatic heterocycles. The van der Waals surface area contributed by atoms with E-state index in [1.54, 1.807) is 15.8 Å². The normalized spacial score (nSPS) is 18.5. The zero-order valence-corrected chi connectivity index (χ0v) is 14.4. The Morgan fingerprint density at radius 3 is 2.65 bits per heavy atom. The second-order valence-electron chi connectivity index (χ2n) is 6.69. The van der Waals surface area contributed by atoms with Crippen LogP contribution in [0.4, 0.5) is 9.59 Å². The number of alkyl carbamates (subject to hydrolysis) is 1. The molecular formula is C18H21N5O3. The quantitative estimate of drug-likeness (QED) is 0.876. The van der Waals surface area contributed by atoms with Gasteiger partial charge in [-0.15, -0.1) is 0 Å². The van der Waals surface area contributed by atoms with E-state index < -0.39 is 5.60 Å². The molecule has 0 aliphatic carbocycles. The lowest BCUT2D eigenvalue weighted by Crippen LogP contribution is -2.51. The maximum atomic E-state index is 12.4. The smallest absolute Gasteiger partial charge is 0.407 e. The molecule has 0 atom stereocenters. The fourth-order valence-corrected chi connectivity index (χ4v) is 3.38. The van der Waals surface area contributed by atoms with Gasteiger partial charge in [-0.05, 0) is 23.8 Å². The summed E-state index contributed by atoms with van der Waals surface area (Å²) in [4.78, 5) is 25.4. The number of ether oxygens (including phenoxy) is 1. The van der Waals surface area contributed by atoms with Crippen LogP contribution in [-0.4, -0.2) is 52.0 Å². The lowest BCUT2D eigenvalue weighted by atomic mass is 9.92. The van der Waals surface area contributed by atoms with E-state index in [9.17, 15) is 9.59 Å². The second kappa shape index (κ2) is 6.70. The fraction of sp³-hybridized carbons (Fsp3) is 0.389. The van der Waals surface area contributed by atoms with Gasteiger partial charge < -0.3 is 20.3 Å². The van der Waals surface area contributed by atoms with E-state index in [-0.39, 0.29) is 12.1 Å². The van der Waals surface area contributed by atoms with Gasteiger partial charge >= 0.3 is 12.1 Å². The summed E-state index contributed by atoms with van der Waals surface area (Å²) < 4.78 is 7.16. The lowest BCUT2D eigenvalue weighted by molar-refractivity contribution is 0.00975. The highest BCUT2D eigenvalue weighted by molar-refractivity contribution is 5.74. The molecule has 2 fully saturated rings. The highest BCUT2D eigenvalue weighted by Gasteiger charge is 2.43. The van der Waals surface area contributed by atoms with Gasteiger partial charge in [0.05, 0.1) is 12.2 Å². The van der Waals surface area contributed by atoms with Gasteiger partial charge in [-0.3, -0.25) is 0 Å². The SMILES string of the molecule is O=C1NCC2(CCN(C(=O)NCc3ccc(-n4cccn4)cc3)CC2)O1. The van der Waals surface area contributed by atoms with Crippen LogP contribution in [0.25, 0.3) is 5.69 Å². The Kier molecular flexibility index (Phi) is 4.24. The van der Waals surface area contributed by atoms with Crippen molar-refractivity contribution in [1.29, 1.82) is 0 Å². The van der Waals surface area contributed by atoms with E-state index in [4.69, 9.17) is 4.74 Å². The molecule has 26 heavy (non-hydrogen) atoms. The van der Waals surface area contributed by atoms with Crippen LogP contribution in [0.15, 0.2) is 42.7 Å². The van der Waals surface area contributed by atoms with Crippen molar-refractivity contribution in [3.05, 3.63) is 48.3 Å². The molecule has 2 aliphatic rings. The van der Waals surface area contributed by atoms with Gasteiger partial charge in [0.25, 0.3) is 0 Å². The molecule has 1 aromatic carbocycles. The molecule has 2 N–H and O–H groups in total. The first-order valence-corrected chi connectivity index (χ1v) is 8.72. The molecule has 1 spiro atoms. The van der Waals surface area contributed by atoms with Crippen molar-refractivity contribution in [3.8, 4) is 5.69 Å². The van der Waals surface area contributed by atoms with Gasteiger partial charge in [-0.25, -0.2) is 14.3 Å². The summed E-state index contributed by atoms with van der Waals surface area (Å²) in [5.74, 6) is 0. The van der Waals surface area contributed by atoms with Crippen molar-refractivity contribution >= 4 is 12.1 Å². The van der Waals surface area contributed by atoms with Crippen molar-refractivity contribution in [1.82, 2.24) is 25.3 Å². The number of likely N-dealkylation sites (tertiary alicyclic amines) is 1. The van der Waals surface area contributed by atoms with Crippen molar-refractivity contribution in [3.63, 3.8) is 0 Å². The molecule has 8 heteroatoms. The maximum Gasteiger partial charge on any atom is 0.407 e. The average molecular weight is 355 g/mol. The number of nitrogens with zero attached hydrogens (tertiary/aromatic N) is 3. The van der Waals surface area contributed by atoms with Crippen LogP contribution in [0.5, 0.6) is 0 Å². The van der Waals surface area contributed by atoms with Gasteiger partial charge in [-0.1, -0.05) is 12.1 Å². The molecule has 0 saturated carbocycles. The van der Waals surface area contributed by atoms with Gasteiger partial charge in [0.1, 0.15) is 5.60 Å². The van der Waals surface area contributed by atoms with Gasteiger partial charge in [-0.2, -0.15) is 5.10 Å². The first-order chi connectivity index (χ1) is 12.6. The molecular weight excluding hydrogens is 334 g/mol. The summed E-state index contributed by atoms with van der Waals surface area (Å²) >= 11 is 0. The Morgan fingerprint density at radius 1 is 1.27 bits per heavy atom. The second-order valence-corrected chi connectivity index (χ2v) is 6.69. The van der Waals surface area contributed by atoms with Crippen LogP contribution in [0.2, 0.25) is 0 Å². The van der Waals surface area contributed by atoms with Crippen molar-refractivity contribution < 1.29 is 14.3 Å². The molecule has 0 bridgehead atoms. The average Bonchev–Trinajstić information content (AvgIpc) is 3.31. The van der Waals surface area contributed by atoms with Crippen LogP contribution in [0.3, 0.4) is 0 Å². The predicted molar refractivity (Wildman–Crippen MR) is 93.8 cm³/mol. The number of carbonyl (C=O) groups excluding carboxylic acids is 2. The number of hydrogen-bond acceptors (Lipinski definition) is 4. The summed E-state index contributed by atoms with van der Waals surface area (Å²) in [5.41, 5.74) is 1.57. The molecule has 0 radical (unpaired) electrons. The number of carbonyl (C=O) groups is 2. The summed E-state index contributed by atoms with van der Waals surface area (Å²) in [6.07, 6.45) is 4.59. The first kappa shape index (κ1) is 16.4. The van der Waals surface area contributed by atoms with Crippen LogP contribution in [-0.2, 0) is 11.3 Å². The molecule has 4 rings (SSSR count). The number of amides is 3. The zero-order valence-electron chi connectivity index (χ0n) is 14.4. The van der Waals surface area contributed by atoms with E-state index in [1.165, 1.54) is 0 Å². The Bertz CT molecular complexity index is 780. The highest BCUT2D eigenvalue weighted by Crippen LogP contribution is 2.29. The minimum atomic E-state index is -0.434. The minimum absolute atomic E-state index is 0.0896. The van der Waals surface area contributed by atoms with Gasteiger partial charge in [0.2, 0.25) is 0 Å². The summed E-state index contributed by atoms with van der Waals surface area (Å²) in [6, 6.07) is 9.69. The van der Waals surface area contributed by atoms with E-state index in [2.05, 4.69) is 15.7 Å². The predicted octanol–water partition coefficient (Wildman–Crippen LogP) is 1.66. The molecule has 2 aromatic rings. The molecule has 3 amide bonds. The molecule has 0 unspecified atom stereocenters. The standard InChI is InChI=1S/C18H21N5O3/c24-16(22-10-6-18(7-11-22)13-20-17(25)26-18)19-12-14-2-4-15(5-3-14)23-9-1-8-21-23/h1-5,8-9H,6-7,10-13H2,(H,19,24)(H,20,25). The number of rotatable bonds is 3. The van der Waals surface area contributed by atoms with Gasteiger partial charge in [0.15, 0.2) is 0 Å². The monoisotopic (exact) mass is 355 g/mol. The number of piperidine rings is 1. The van der Waals surface area contributed by atoms with Crippen molar-refractivity contribution in [2.75, 3.05) is 19.6 Å². The van der Waals surface area contributed by atoms with Crippen LogP contribution in [0, 0.1) is 0 Å². The minimum Gasteiger partial charge on any atom is -0.441 e. The highest BCUT2D eigenvalue weighted by atomic mass is 16.6. The Labute approximate surface area is 151 Å². The topological polar surface area (TPSA) is 88.5 Å². The Morgan fingerprint density at radius 2 is 2.04 bits per heavy atom. The summed E-state index contributed by atoms with van der Waals surface area (Å²) in [5, 5.41) is 9.84. The number of benzene rings is 1. The van der Waals surface area contributed by atoms with Crippen molar-refractivity contribution in [2.45, 2.75) is 25.0 Å². The third kappa shape index (κ3) is 3.35. The Hall–Kier alpha value is -3.03. The van der Waals surface area contributed by atoms with Crippen LogP contribution in [0.1, 0.15) is 18.4 Å².